The number of methoxy groups -OCH3 is 1. The van der Waals surface area contributed by atoms with E-state index in [0.29, 0.717) is 13.1 Å². The molecule has 0 aromatic rings. The van der Waals surface area contributed by atoms with Gasteiger partial charge >= 0.3 is 6.09 Å². The zero-order chi connectivity index (χ0) is 13.2. The van der Waals surface area contributed by atoms with Gasteiger partial charge in [0.15, 0.2) is 0 Å². The van der Waals surface area contributed by atoms with Gasteiger partial charge in [-0.2, -0.15) is 0 Å². The molecule has 0 spiro atoms. The molecule has 1 fully saturated rings. The van der Waals surface area contributed by atoms with Crippen LogP contribution in [0.5, 0.6) is 0 Å². The highest BCUT2D eigenvalue weighted by atomic mass is 16.6. The molecule has 1 rings (SSSR count). The van der Waals surface area contributed by atoms with E-state index in [1.807, 2.05) is 34.9 Å². The lowest BCUT2D eigenvalue weighted by Crippen LogP contribution is -2.39. The second kappa shape index (κ2) is 5.23. The summed E-state index contributed by atoms with van der Waals surface area (Å²) in [5.41, 5.74) is -0.449. The number of amides is 1. The van der Waals surface area contributed by atoms with Crippen LogP contribution in [0.2, 0.25) is 0 Å². The van der Waals surface area contributed by atoms with Gasteiger partial charge in [0, 0.05) is 13.7 Å². The normalized spacial score (nSPS) is 25.5. The van der Waals surface area contributed by atoms with Crippen molar-refractivity contribution in [1.82, 2.24) is 9.80 Å². The Kier molecular flexibility index (Phi) is 4.38. The van der Waals surface area contributed by atoms with Crippen LogP contribution in [0.15, 0.2) is 0 Å². The van der Waals surface area contributed by atoms with Crippen molar-refractivity contribution in [3.8, 4) is 0 Å². The SMILES string of the molecule is COC1CN(C(=O)OC(C)(C)C)CC1N(C)C. The van der Waals surface area contributed by atoms with E-state index in [0.717, 1.165) is 0 Å². The number of carbonyl (C=O) groups excluding carboxylic acids is 1. The first-order chi connectivity index (χ1) is 7.74. The van der Waals surface area contributed by atoms with Crippen LogP contribution in [0.25, 0.3) is 0 Å². The average molecular weight is 244 g/mol. The molecule has 0 bridgehead atoms. The Morgan fingerprint density at radius 1 is 1.29 bits per heavy atom. The van der Waals surface area contributed by atoms with Crippen molar-refractivity contribution in [2.45, 2.75) is 38.5 Å². The maximum absolute atomic E-state index is 11.9. The van der Waals surface area contributed by atoms with E-state index in [1.165, 1.54) is 0 Å². The topological polar surface area (TPSA) is 42.0 Å². The monoisotopic (exact) mass is 244 g/mol. The number of ether oxygens (including phenoxy) is 2. The van der Waals surface area contributed by atoms with Crippen LogP contribution in [-0.4, -0.2) is 67.9 Å². The van der Waals surface area contributed by atoms with Crippen molar-refractivity contribution in [3.05, 3.63) is 0 Å². The predicted octanol–water partition coefficient (Wildman–Crippen LogP) is 1.18. The first-order valence-corrected chi connectivity index (χ1v) is 5.91. The van der Waals surface area contributed by atoms with Crippen LogP contribution in [0, 0.1) is 0 Å². The molecular weight excluding hydrogens is 220 g/mol. The Morgan fingerprint density at radius 2 is 1.88 bits per heavy atom. The number of likely N-dealkylation sites (tertiary alicyclic amines) is 1. The van der Waals surface area contributed by atoms with Gasteiger partial charge in [0.25, 0.3) is 0 Å². The number of rotatable bonds is 2. The summed E-state index contributed by atoms with van der Waals surface area (Å²) in [4.78, 5) is 15.7. The summed E-state index contributed by atoms with van der Waals surface area (Å²) in [6.07, 6.45) is -0.207. The minimum atomic E-state index is -0.449. The smallest absolute Gasteiger partial charge is 0.410 e. The molecule has 0 aliphatic carbocycles. The van der Waals surface area contributed by atoms with Gasteiger partial charge in [0.2, 0.25) is 0 Å². The third kappa shape index (κ3) is 3.85. The summed E-state index contributed by atoms with van der Waals surface area (Å²) < 4.78 is 10.8. The van der Waals surface area contributed by atoms with Crippen molar-refractivity contribution in [2.75, 3.05) is 34.3 Å². The number of carbonyl (C=O) groups is 1. The number of likely N-dealkylation sites (N-methyl/N-ethyl adjacent to an activating group) is 1. The molecule has 0 saturated carbocycles. The first-order valence-electron chi connectivity index (χ1n) is 5.91. The first kappa shape index (κ1) is 14.3. The molecule has 1 saturated heterocycles. The molecule has 1 aliphatic heterocycles. The quantitative estimate of drug-likeness (QED) is 0.731. The van der Waals surface area contributed by atoms with E-state index in [1.54, 1.807) is 12.0 Å². The van der Waals surface area contributed by atoms with E-state index >= 15 is 0 Å². The van der Waals surface area contributed by atoms with Crippen LogP contribution < -0.4 is 0 Å². The lowest BCUT2D eigenvalue weighted by molar-refractivity contribution is 0.0250. The van der Waals surface area contributed by atoms with Crippen LogP contribution in [-0.2, 0) is 9.47 Å². The van der Waals surface area contributed by atoms with Crippen LogP contribution in [0.1, 0.15) is 20.8 Å². The molecule has 0 radical (unpaired) electrons. The van der Waals surface area contributed by atoms with Gasteiger partial charge in [-0.3, -0.25) is 0 Å². The van der Waals surface area contributed by atoms with Crippen molar-refractivity contribution in [1.29, 1.82) is 0 Å². The Morgan fingerprint density at radius 3 is 2.24 bits per heavy atom. The molecule has 1 aliphatic rings. The molecule has 0 aromatic carbocycles. The third-order valence-corrected chi connectivity index (χ3v) is 2.85. The molecule has 100 valence electrons. The minimum Gasteiger partial charge on any atom is -0.444 e. The molecule has 0 N–H and O–H groups in total. The van der Waals surface area contributed by atoms with E-state index < -0.39 is 5.60 Å². The standard InChI is InChI=1S/C12H24N2O3/c1-12(2,3)17-11(15)14-7-9(13(4)5)10(8-14)16-6/h9-10H,7-8H2,1-6H3. The largest absolute Gasteiger partial charge is 0.444 e. The van der Waals surface area contributed by atoms with Crippen LogP contribution >= 0.6 is 0 Å². The molecular formula is C12H24N2O3. The van der Waals surface area contributed by atoms with E-state index in [-0.39, 0.29) is 18.2 Å². The van der Waals surface area contributed by atoms with E-state index in [4.69, 9.17) is 9.47 Å². The number of hydrogen-bond donors (Lipinski definition) is 0. The third-order valence-electron chi connectivity index (χ3n) is 2.85. The van der Waals surface area contributed by atoms with Gasteiger partial charge in [-0.05, 0) is 34.9 Å². The summed E-state index contributed by atoms with van der Waals surface area (Å²) in [6.45, 7) is 6.86. The maximum atomic E-state index is 11.9. The second-order valence-corrected chi connectivity index (χ2v) is 5.69. The lowest BCUT2D eigenvalue weighted by atomic mass is 10.2. The van der Waals surface area contributed by atoms with Crippen molar-refractivity contribution >= 4 is 6.09 Å². The van der Waals surface area contributed by atoms with Gasteiger partial charge in [-0.15, -0.1) is 0 Å². The van der Waals surface area contributed by atoms with Gasteiger partial charge in [0.1, 0.15) is 5.60 Å². The fraction of sp³-hybridized carbons (Fsp3) is 0.917. The summed E-state index contributed by atoms with van der Waals surface area (Å²) in [5, 5.41) is 0. The fourth-order valence-corrected chi connectivity index (χ4v) is 1.96. The molecule has 0 aromatic heterocycles. The van der Waals surface area contributed by atoms with E-state index in [9.17, 15) is 4.79 Å². The van der Waals surface area contributed by atoms with Crippen LogP contribution in [0.4, 0.5) is 4.79 Å². The lowest BCUT2D eigenvalue weighted by Gasteiger charge is -2.25. The fourth-order valence-electron chi connectivity index (χ4n) is 1.96. The maximum Gasteiger partial charge on any atom is 0.410 e. The Hall–Kier alpha value is -0.810. The van der Waals surface area contributed by atoms with Gasteiger partial charge < -0.3 is 19.3 Å². The Bertz CT molecular complexity index is 273. The zero-order valence-electron chi connectivity index (χ0n) is 11.7. The summed E-state index contributed by atoms with van der Waals surface area (Å²) in [7, 11) is 5.67. The van der Waals surface area contributed by atoms with Gasteiger partial charge in [-0.25, -0.2) is 4.79 Å². The molecule has 5 heteroatoms. The summed E-state index contributed by atoms with van der Waals surface area (Å²) >= 11 is 0. The molecule has 1 amide bonds. The highest BCUT2D eigenvalue weighted by Gasteiger charge is 2.38. The number of nitrogens with zero attached hydrogens (tertiary/aromatic N) is 2. The summed E-state index contributed by atoms with van der Waals surface area (Å²) in [5.74, 6) is 0. The van der Waals surface area contributed by atoms with Crippen molar-refractivity contribution in [2.24, 2.45) is 0 Å². The molecule has 2 atom stereocenters. The molecule has 2 unspecified atom stereocenters. The Labute approximate surface area is 104 Å². The second-order valence-electron chi connectivity index (χ2n) is 5.69. The molecule has 17 heavy (non-hydrogen) atoms. The highest BCUT2D eigenvalue weighted by molar-refractivity contribution is 5.68. The minimum absolute atomic E-state index is 0.0533. The van der Waals surface area contributed by atoms with Crippen molar-refractivity contribution < 1.29 is 14.3 Å². The zero-order valence-corrected chi connectivity index (χ0v) is 11.7. The highest BCUT2D eigenvalue weighted by Crippen LogP contribution is 2.19. The average Bonchev–Trinajstić information content (AvgIpc) is 2.58. The van der Waals surface area contributed by atoms with Gasteiger partial charge in [-0.1, -0.05) is 0 Å². The summed E-state index contributed by atoms with van der Waals surface area (Å²) in [6, 6.07) is 0.229. The Balaban J connectivity index is 2.61. The van der Waals surface area contributed by atoms with Crippen LogP contribution in [0.3, 0.4) is 0 Å². The predicted molar refractivity (Wildman–Crippen MR) is 66.1 cm³/mol. The number of hydrogen-bond acceptors (Lipinski definition) is 4. The van der Waals surface area contributed by atoms with Crippen molar-refractivity contribution in [3.63, 3.8) is 0 Å². The van der Waals surface area contributed by atoms with Gasteiger partial charge in [0.05, 0.1) is 18.7 Å². The molecule has 5 nitrogen and oxygen atoms in total. The molecule has 1 heterocycles. The van der Waals surface area contributed by atoms with E-state index in [2.05, 4.69) is 4.90 Å².